The van der Waals surface area contributed by atoms with E-state index in [0.29, 0.717) is 0 Å². The van der Waals surface area contributed by atoms with Crippen molar-refractivity contribution in [2.24, 2.45) is 12.0 Å². The normalized spacial score (nSPS) is 12.4. The van der Waals surface area contributed by atoms with Gasteiger partial charge in [-0.2, -0.15) is 0 Å². The summed E-state index contributed by atoms with van der Waals surface area (Å²) in [6, 6.07) is 5.98. The van der Waals surface area contributed by atoms with E-state index in [2.05, 4.69) is 33.6 Å². The molecule has 5 heteroatoms. The van der Waals surface area contributed by atoms with Crippen molar-refractivity contribution in [3.05, 3.63) is 70.2 Å². The summed E-state index contributed by atoms with van der Waals surface area (Å²) < 4.78 is 3.73. The van der Waals surface area contributed by atoms with Crippen molar-refractivity contribution in [3.8, 4) is 11.1 Å². The molecule has 0 amide bonds. The smallest absolute Gasteiger partial charge is 0.253 e. The molecule has 0 saturated carbocycles. The molecule has 3 aromatic rings. The lowest BCUT2D eigenvalue weighted by Crippen LogP contribution is -2.18. The third-order valence-corrected chi connectivity index (χ3v) is 4.37. The summed E-state index contributed by atoms with van der Waals surface area (Å²) in [5.41, 5.74) is 5.87. The first-order chi connectivity index (χ1) is 12.5. The molecule has 3 heterocycles. The number of pyridine rings is 2. The Hall–Kier alpha value is -2.95. The van der Waals surface area contributed by atoms with Gasteiger partial charge in [-0.25, -0.2) is 4.98 Å². The average molecular weight is 348 g/mol. The predicted molar refractivity (Wildman–Crippen MR) is 107 cm³/mol. The largest absolute Gasteiger partial charge is 0.318 e. The van der Waals surface area contributed by atoms with Gasteiger partial charge in [0, 0.05) is 55.2 Å². The number of aromatic nitrogens is 3. The van der Waals surface area contributed by atoms with Gasteiger partial charge in [0.2, 0.25) is 0 Å². The van der Waals surface area contributed by atoms with Crippen LogP contribution in [0.1, 0.15) is 31.5 Å². The Morgan fingerprint density at radius 1 is 1.27 bits per heavy atom. The Kier molecular flexibility index (Phi) is 5.16. The second-order valence-corrected chi connectivity index (χ2v) is 6.39. The second-order valence-electron chi connectivity index (χ2n) is 6.39. The van der Waals surface area contributed by atoms with Crippen LogP contribution in [0.5, 0.6) is 0 Å². The first-order valence-electron chi connectivity index (χ1n) is 8.84. The van der Waals surface area contributed by atoms with Crippen LogP contribution in [0.2, 0.25) is 0 Å². The molecule has 0 bridgehead atoms. The molecule has 0 N–H and O–H groups in total. The van der Waals surface area contributed by atoms with E-state index < -0.39 is 0 Å². The molecule has 0 spiro atoms. The van der Waals surface area contributed by atoms with E-state index in [1.165, 1.54) is 0 Å². The van der Waals surface area contributed by atoms with E-state index in [1.54, 1.807) is 11.6 Å². The number of imidazole rings is 1. The summed E-state index contributed by atoms with van der Waals surface area (Å²) in [6.45, 7) is 5.88. The highest BCUT2D eigenvalue weighted by Crippen LogP contribution is 2.21. The van der Waals surface area contributed by atoms with Gasteiger partial charge in [0.25, 0.3) is 5.56 Å². The summed E-state index contributed by atoms with van der Waals surface area (Å²) in [5, 5.41) is 0. The minimum absolute atomic E-state index is 0.0323. The maximum atomic E-state index is 11.9. The van der Waals surface area contributed by atoms with Crippen LogP contribution < -0.4 is 5.56 Å². The highest BCUT2D eigenvalue weighted by molar-refractivity contribution is 5.64. The Bertz CT molecular complexity index is 1030. The molecule has 134 valence electrons. The summed E-state index contributed by atoms with van der Waals surface area (Å²) in [7, 11) is 1.78. The zero-order valence-corrected chi connectivity index (χ0v) is 15.7. The van der Waals surface area contributed by atoms with Crippen LogP contribution in [0.4, 0.5) is 0 Å². The third kappa shape index (κ3) is 3.52. The van der Waals surface area contributed by atoms with Crippen molar-refractivity contribution in [2.75, 3.05) is 0 Å². The molecule has 0 aliphatic rings. The molecule has 0 aromatic carbocycles. The third-order valence-electron chi connectivity index (χ3n) is 4.37. The number of allylic oxidation sites excluding steroid dienone is 2. The summed E-state index contributed by atoms with van der Waals surface area (Å²) in [5.74, 6) is 0. The van der Waals surface area contributed by atoms with Crippen molar-refractivity contribution in [3.63, 3.8) is 0 Å². The molecule has 3 rings (SSSR count). The zero-order chi connectivity index (χ0) is 18.7. The number of hydrogen-bond acceptors (Lipinski definition) is 3. The lowest BCUT2D eigenvalue weighted by Gasteiger charge is -2.08. The first-order valence-corrected chi connectivity index (χ1v) is 8.84. The van der Waals surface area contributed by atoms with Crippen LogP contribution >= 0.6 is 0 Å². The summed E-state index contributed by atoms with van der Waals surface area (Å²) in [4.78, 5) is 20.9. The number of aryl methyl sites for hydroxylation is 2. The van der Waals surface area contributed by atoms with E-state index in [1.807, 2.05) is 50.7 Å². The molecule has 0 fully saturated rings. The molecule has 5 nitrogen and oxygen atoms in total. The first kappa shape index (κ1) is 17.9. The van der Waals surface area contributed by atoms with Crippen LogP contribution in [0.25, 0.3) is 16.8 Å². The van der Waals surface area contributed by atoms with Gasteiger partial charge in [-0.3, -0.25) is 9.79 Å². The summed E-state index contributed by atoms with van der Waals surface area (Å²) >= 11 is 0. The van der Waals surface area contributed by atoms with Gasteiger partial charge in [-0.05, 0) is 49.6 Å². The molecule has 0 aliphatic heterocycles. The Morgan fingerprint density at radius 3 is 2.77 bits per heavy atom. The molecule has 26 heavy (non-hydrogen) atoms. The van der Waals surface area contributed by atoms with E-state index in [0.717, 1.165) is 46.6 Å². The quantitative estimate of drug-likeness (QED) is 0.656. The zero-order valence-electron chi connectivity index (χ0n) is 15.7. The molecule has 0 atom stereocenters. The maximum Gasteiger partial charge on any atom is 0.253 e. The lowest BCUT2D eigenvalue weighted by atomic mass is 10.1. The molecule has 0 radical (unpaired) electrons. The van der Waals surface area contributed by atoms with Gasteiger partial charge in [-0.15, -0.1) is 0 Å². The fourth-order valence-corrected chi connectivity index (χ4v) is 3.13. The maximum absolute atomic E-state index is 11.9. The van der Waals surface area contributed by atoms with Crippen LogP contribution in [0.3, 0.4) is 0 Å². The SMILES string of the molecule is CC=N/C(=C\CC)Cc1cnc2ccc(-c3cc(C)c(=O)n(C)c3)cn12. The van der Waals surface area contributed by atoms with Crippen molar-refractivity contribution in [1.29, 1.82) is 0 Å². The van der Waals surface area contributed by atoms with Crippen LogP contribution in [0.15, 0.2) is 58.3 Å². The average Bonchev–Trinajstić information content (AvgIpc) is 3.02. The van der Waals surface area contributed by atoms with Crippen molar-refractivity contribution >= 4 is 11.9 Å². The van der Waals surface area contributed by atoms with E-state index in [9.17, 15) is 4.79 Å². The molecule has 3 aromatic heterocycles. The van der Waals surface area contributed by atoms with Gasteiger partial charge < -0.3 is 8.97 Å². The second kappa shape index (κ2) is 7.52. The summed E-state index contributed by atoms with van der Waals surface area (Å²) in [6.07, 6.45) is 11.5. The van der Waals surface area contributed by atoms with Gasteiger partial charge in [-0.1, -0.05) is 13.0 Å². The fraction of sp³-hybridized carbons (Fsp3) is 0.286. The van der Waals surface area contributed by atoms with Crippen LogP contribution in [-0.2, 0) is 13.5 Å². The monoisotopic (exact) mass is 348 g/mol. The molecule has 0 unspecified atom stereocenters. The highest BCUT2D eigenvalue weighted by atomic mass is 16.1. The standard InChI is InChI=1S/C21H24N4O/c1-5-7-18(22-6-2)11-19-12-23-20-9-8-16(14-25(19)20)17-10-15(3)21(26)24(4)13-17/h6-10,12-14H,5,11H2,1-4H3/b18-7-,22-6?. The van der Waals surface area contributed by atoms with Crippen LogP contribution in [-0.4, -0.2) is 20.2 Å². The number of nitrogens with zero attached hydrogens (tertiary/aromatic N) is 4. The van der Waals surface area contributed by atoms with Crippen molar-refractivity contribution in [2.45, 2.75) is 33.6 Å². The van der Waals surface area contributed by atoms with Gasteiger partial charge in [0.1, 0.15) is 5.65 Å². The van der Waals surface area contributed by atoms with Gasteiger partial charge in [0.15, 0.2) is 0 Å². The number of rotatable bonds is 5. The Balaban J connectivity index is 2.06. The Morgan fingerprint density at radius 2 is 2.08 bits per heavy atom. The van der Waals surface area contributed by atoms with E-state index >= 15 is 0 Å². The number of fused-ring (bicyclic) bond motifs is 1. The van der Waals surface area contributed by atoms with Gasteiger partial charge >= 0.3 is 0 Å². The molecule has 0 saturated heterocycles. The fourth-order valence-electron chi connectivity index (χ4n) is 3.13. The predicted octanol–water partition coefficient (Wildman–Crippen LogP) is 3.94. The van der Waals surface area contributed by atoms with E-state index in [-0.39, 0.29) is 5.56 Å². The van der Waals surface area contributed by atoms with E-state index in [4.69, 9.17) is 0 Å². The lowest BCUT2D eigenvalue weighted by molar-refractivity contribution is 0.850. The topological polar surface area (TPSA) is 51.7 Å². The minimum Gasteiger partial charge on any atom is -0.318 e. The molecular weight excluding hydrogens is 324 g/mol. The van der Waals surface area contributed by atoms with Crippen LogP contribution in [0, 0.1) is 6.92 Å². The van der Waals surface area contributed by atoms with Crippen molar-refractivity contribution in [1.82, 2.24) is 14.0 Å². The number of aliphatic imine (C=N–C) groups is 1. The van der Waals surface area contributed by atoms with Crippen molar-refractivity contribution < 1.29 is 0 Å². The number of hydrogen-bond donors (Lipinski definition) is 0. The Labute approximate surface area is 153 Å². The minimum atomic E-state index is 0.0323. The van der Waals surface area contributed by atoms with Gasteiger partial charge in [0.05, 0.1) is 0 Å². The molecular formula is C21H24N4O. The highest BCUT2D eigenvalue weighted by Gasteiger charge is 2.09. The molecule has 0 aliphatic carbocycles.